The van der Waals surface area contributed by atoms with E-state index in [4.69, 9.17) is 10.7 Å². The van der Waals surface area contributed by atoms with Crippen LogP contribution in [0, 0.1) is 0 Å². The number of aromatic nitrogens is 4. The van der Waals surface area contributed by atoms with Gasteiger partial charge in [0.15, 0.2) is 5.82 Å². The highest BCUT2D eigenvalue weighted by atomic mass is 15.3. The normalized spacial score (nSPS) is 11.4. The van der Waals surface area contributed by atoms with Crippen molar-refractivity contribution in [1.29, 1.82) is 0 Å². The third-order valence-electron chi connectivity index (χ3n) is 3.90. The molecule has 0 bridgehead atoms. The molecule has 1 aromatic carbocycles. The molecule has 0 fully saturated rings. The van der Waals surface area contributed by atoms with Gasteiger partial charge in [0.05, 0.1) is 16.7 Å². The summed E-state index contributed by atoms with van der Waals surface area (Å²) >= 11 is 0. The summed E-state index contributed by atoms with van der Waals surface area (Å²) in [7, 11) is 2.05. The summed E-state index contributed by atoms with van der Waals surface area (Å²) in [5, 5.41) is 4.61. The fourth-order valence-corrected chi connectivity index (χ4v) is 2.67. The second-order valence-corrected chi connectivity index (χ2v) is 5.21. The quantitative estimate of drug-likeness (QED) is 0.800. The van der Waals surface area contributed by atoms with E-state index in [1.807, 2.05) is 11.7 Å². The number of aryl methyl sites for hydroxylation is 3. The van der Waals surface area contributed by atoms with Crippen molar-refractivity contribution in [3.8, 4) is 11.5 Å². The second-order valence-electron chi connectivity index (χ2n) is 5.21. The molecule has 5 nitrogen and oxygen atoms in total. The smallest absolute Gasteiger partial charge is 0.159 e. The molecule has 0 spiro atoms. The number of imidazole rings is 1. The van der Waals surface area contributed by atoms with E-state index in [0.29, 0.717) is 6.54 Å². The van der Waals surface area contributed by atoms with Gasteiger partial charge in [0.2, 0.25) is 0 Å². The van der Waals surface area contributed by atoms with Crippen molar-refractivity contribution < 1.29 is 0 Å². The summed E-state index contributed by atoms with van der Waals surface area (Å²) in [6.07, 6.45) is 0.932. The van der Waals surface area contributed by atoms with Gasteiger partial charge in [0.1, 0.15) is 5.69 Å². The summed E-state index contributed by atoms with van der Waals surface area (Å²) in [6, 6.07) is 8.34. The van der Waals surface area contributed by atoms with E-state index >= 15 is 0 Å². The third-order valence-corrected chi connectivity index (χ3v) is 3.90. The molecule has 2 heterocycles. The van der Waals surface area contributed by atoms with Crippen LogP contribution in [0.25, 0.3) is 22.6 Å². The van der Waals surface area contributed by atoms with Crippen molar-refractivity contribution >= 4 is 11.0 Å². The third kappa shape index (κ3) is 2.23. The summed E-state index contributed by atoms with van der Waals surface area (Å²) in [5.74, 6) is 0.952. The number of nitrogens with two attached hydrogens (primary N) is 1. The van der Waals surface area contributed by atoms with Gasteiger partial charge < -0.3 is 10.3 Å². The van der Waals surface area contributed by atoms with E-state index in [9.17, 15) is 0 Å². The summed E-state index contributed by atoms with van der Waals surface area (Å²) in [6.45, 7) is 5.60. The van der Waals surface area contributed by atoms with Gasteiger partial charge in [-0.05, 0) is 37.1 Å². The van der Waals surface area contributed by atoms with Crippen molar-refractivity contribution in [1.82, 2.24) is 19.3 Å². The lowest BCUT2D eigenvalue weighted by molar-refractivity contribution is 0.650. The van der Waals surface area contributed by atoms with Crippen LogP contribution in [0.2, 0.25) is 0 Å². The molecule has 0 amide bonds. The lowest BCUT2D eigenvalue weighted by atomic mass is 10.2. The van der Waals surface area contributed by atoms with Gasteiger partial charge in [-0.15, -0.1) is 0 Å². The molecule has 0 unspecified atom stereocenters. The lowest BCUT2D eigenvalue weighted by Gasteiger charge is -2.04. The molecule has 0 aliphatic carbocycles. The van der Waals surface area contributed by atoms with Crippen LogP contribution in [0.5, 0.6) is 0 Å². The maximum absolute atomic E-state index is 5.72. The van der Waals surface area contributed by atoms with Gasteiger partial charge in [-0.1, -0.05) is 13.0 Å². The number of hydrogen-bond acceptors (Lipinski definition) is 3. The molecule has 0 atom stereocenters. The summed E-state index contributed by atoms with van der Waals surface area (Å²) in [5.41, 5.74) is 11.1. The molecular weight excluding hydrogens is 262 g/mol. The van der Waals surface area contributed by atoms with Crippen molar-refractivity contribution in [3.05, 3.63) is 35.5 Å². The predicted molar refractivity (Wildman–Crippen MR) is 84.9 cm³/mol. The van der Waals surface area contributed by atoms with Crippen LogP contribution in [-0.4, -0.2) is 19.3 Å². The van der Waals surface area contributed by atoms with E-state index in [1.165, 1.54) is 0 Å². The topological polar surface area (TPSA) is 61.7 Å². The zero-order valence-corrected chi connectivity index (χ0v) is 12.8. The Balaban J connectivity index is 2.20. The molecule has 3 rings (SSSR count). The van der Waals surface area contributed by atoms with Crippen LogP contribution in [-0.2, 0) is 26.6 Å². The Labute approximate surface area is 124 Å². The largest absolute Gasteiger partial charge is 0.326 e. The van der Waals surface area contributed by atoms with Crippen LogP contribution in [0.15, 0.2) is 24.3 Å². The molecule has 0 radical (unpaired) electrons. The Morgan fingerprint density at radius 3 is 2.67 bits per heavy atom. The van der Waals surface area contributed by atoms with Crippen molar-refractivity contribution in [2.45, 2.75) is 33.4 Å². The van der Waals surface area contributed by atoms with Gasteiger partial charge in [0.25, 0.3) is 0 Å². The maximum Gasteiger partial charge on any atom is 0.159 e. The second kappa shape index (κ2) is 5.33. The molecule has 110 valence electrons. The van der Waals surface area contributed by atoms with E-state index in [2.05, 4.69) is 47.8 Å². The minimum absolute atomic E-state index is 0.536. The first-order chi connectivity index (χ1) is 10.2. The number of rotatable bonds is 4. The van der Waals surface area contributed by atoms with Crippen molar-refractivity contribution in [2.75, 3.05) is 0 Å². The fourth-order valence-electron chi connectivity index (χ4n) is 2.67. The first kappa shape index (κ1) is 13.8. The van der Waals surface area contributed by atoms with Gasteiger partial charge in [-0.2, -0.15) is 5.10 Å². The number of fused-ring (bicyclic) bond motifs is 1. The zero-order chi connectivity index (χ0) is 15.0. The van der Waals surface area contributed by atoms with E-state index in [0.717, 1.165) is 46.8 Å². The van der Waals surface area contributed by atoms with Gasteiger partial charge in [0, 0.05) is 20.1 Å². The summed E-state index contributed by atoms with van der Waals surface area (Å²) < 4.78 is 4.14. The standard InChI is InChI=1S/C16H21N5/c1-4-12-9-15(21(5-2)19-12)16-18-13-8-11(10-17)6-7-14(13)20(16)3/h6-9H,4-5,10,17H2,1-3H3. The average molecular weight is 283 g/mol. The maximum atomic E-state index is 5.72. The van der Waals surface area contributed by atoms with Gasteiger partial charge in [-0.3, -0.25) is 4.68 Å². The molecule has 0 saturated heterocycles. The predicted octanol–water partition coefficient (Wildman–Crippen LogP) is 2.48. The Kier molecular flexibility index (Phi) is 3.51. The van der Waals surface area contributed by atoms with Gasteiger partial charge >= 0.3 is 0 Å². The SMILES string of the molecule is CCc1cc(-c2nc3cc(CN)ccc3n2C)n(CC)n1. The number of benzene rings is 1. The minimum Gasteiger partial charge on any atom is -0.326 e. The molecule has 0 aliphatic rings. The molecule has 2 N–H and O–H groups in total. The monoisotopic (exact) mass is 283 g/mol. The van der Waals surface area contributed by atoms with Crippen molar-refractivity contribution in [2.24, 2.45) is 12.8 Å². The highest BCUT2D eigenvalue weighted by molar-refractivity contribution is 5.80. The molecular formula is C16H21N5. The summed E-state index contributed by atoms with van der Waals surface area (Å²) in [4.78, 5) is 4.79. The van der Waals surface area contributed by atoms with Crippen LogP contribution < -0.4 is 5.73 Å². The number of nitrogens with zero attached hydrogens (tertiary/aromatic N) is 4. The van der Waals surface area contributed by atoms with Crippen molar-refractivity contribution in [3.63, 3.8) is 0 Å². The Morgan fingerprint density at radius 1 is 1.19 bits per heavy atom. The van der Waals surface area contributed by atoms with Crippen LogP contribution in [0.4, 0.5) is 0 Å². The molecule has 3 aromatic rings. The van der Waals surface area contributed by atoms with Gasteiger partial charge in [-0.25, -0.2) is 4.98 Å². The van der Waals surface area contributed by atoms with Crippen LogP contribution >= 0.6 is 0 Å². The highest BCUT2D eigenvalue weighted by Crippen LogP contribution is 2.25. The molecule has 21 heavy (non-hydrogen) atoms. The molecule has 0 saturated carbocycles. The van der Waals surface area contributed by atoms with E-state index in [-0.39, 0.29) is 0 Å². The highest BCUT2D eigenvalue weighted by Gasteiger charge is 2.15. The van der Waals surface area contributed by atoms with Crippen LogP contribution in [0.3, 0.4) is 0 Å². The lowest BCUT2D eigenvalue weighted by Crippen LogP contribution is -2.03. The molecule has 5 heteroatoms. The van der Waals surface area contributed by atoms with E-state index in [1.54, 1.807) is 0 Å². The first-order valence-corrected chi connectivity index (χ1v) is 7.40. The Morgan fingerprint density at radius 2 is 2.00 bits per heavy atom. The molecule has 2 aromatic heterocycles. The first-order valence-electron chi connectivity index (χ1n) is 7.40. The Hall–Kier alpha value is -2.14. The Bertz CT molecular complexity index is 781. The fraction of sp³-hybridized carbons (Fsp3) is 0.375. The van der Waals surface area contributed by atoms with Crippen LogP contribution in [0.1, 0.15) is 25.1 Å². The molecule has 0 aliphatic heterocycles. The zero-order valence-electron chi connectivity index (χ0n) is 12.8. The number of hydrogen-bond donors (Lipinski definition) is 1. The minimum atomic E-state index is 0.536. The van der Waals surface area contributed by atoms with E-state index < -0.39 is 0 Å². The average Bonchev–Trinajstić information content (AvgIpc) is 3.07.